The molecule has 1 aromatic carbocycles. The molecule has 1 aromatic heterocycles. The summed E-state index contributed by atoms with van der Waals surface area (Å²) in [7, 11) is -1.85. The standard InChI is InChI=1S/C24H38N4O4S/c1-5-12-28-22-9-8-20(33(30,31)27-13-6-7-14-27)17-21(22)25-23(28)10-11-24(29)26(15-16-32-4)18-19(2)3/h8-9,17,19H,5-7,10-16,18H2,1-4H3. The van der Waals surface area contributed by atoms with Crippen molar-refractivity contribution in [2.75, 3.05) is 39.9 Å². The predicted octanol–water partition coefficient (Wildman–Crippen LogP) is 3.29. The number of aromatic nitrogens is 2. The van der Waals surface area contributed by atoms with Gasteiger partial charge in [-0.1, -0.05) is 20.8 Å². The van der Waals surface area contributed by atoms with Crippen LogP contribution in [0.5, 0.6) is 0 Å². The van der Waals surface area contributed by atoms with Gasteiger partial charge in [0.25, 0.3) is 0 Å². The van der Waals surface area contributed by atoms with Crippen LogP contribution in [-0.2, 0) is 32.5 Å². The van der Waals surface area contributed by atoms with Crippen LogP contribution >= 0.6 is 0 Å². The van der Waals surface area contributed by atoms with Gasteiger partial charge in [-0.15, -0.1) is 0 Å². The molecule has 1 fully saturated rings. The fraction of sp³-hybridized carbons (Fsp3) is 0.667. The lowest BCUT2D eigenvalue weighted by Crippen LogP contribution is -2.37. The zero-order valence-corrected chi connectivity index (χ0v) is 21.2. The van der Waals surface area contributed by atoms with Crippen molar-refractivity contribution >= 4 is 27.0 Å². The first-order valence-corrected chi connectivity index (χ1v) is 13.5. The van der Waals surface area contributed by atoms with Crippen molar-refractivity contribution in [1.82, 2.24) is 18.8 Å². The number of benzene rings is 1. The monoisotopic (exact) mass is 478 g/mol. The molecule has 9 heteroatoms. The second-order valence-electron chi connectivity index (χ2n) is 9.17. The number of nitrogens with zero attached hydrogens (tertiary/aromatic N) is 4. The highest BCUT2D eigenvalue weighted by Gasteiger charge is 2.28. The third-order valence-electron chi connectivity index (χ3n) is 6.01. The van der Waals surface area contributed by atoms with Crippen LogP contribution in [0.1, 0.15) is 52.3 Å². The molecule has 33 heavy (non-hydrogen) atoms. The lowest BCUT2D eigenvalue weighted by atomic mass is 10.2. The largest absolute Gasteiger partial charge is 0.383 e. The zero-order valence-electron chi connectivity index (χ0n) is 20.4. The fourth-order valence-corrected chi connectivity index (χ4v) is 5.94. The second-order valence-corrected chi connectivity index (χ2v) is 11.1. The van der Waals surface area contributed by atoms with Gasteiger partial charge in [-0.3, -0.25) is 4.79 Å². The Bertz CT molecular complexity index is 1040. The minimum absolute atomic E-state index is 0.0909. The van der Waals surface area contributed by atoms with Gasteiger partial charge >= 0.3 is 0 Å². The van der Waals surface area contributed by atoms with Crippen molar-refractivity contribution in [3.8, 4) is 0 Å². The molecule has 1 aliphatic heterocycles. The van der Waals surface area contributed by atoms with Crippen LogP contribution in [0.3, 0.4) is 0 Å². The van der Waals surface area contributed by atoms with Gasteiger partial charge in [-0.25, -0.2) is 13.4 Å². The SMILES string of the molecule is CCCn1c(CCC(=O)N(CCOC)CC(C)C)nc2cc(S(=O)(=O)N3CCCC3)ccc21. The summed E-state index contributed by atoms with van der Waals surface area (Å²) in [5, 5.41) is 0. The van der Waals surface area contributed by atoms with Crippen molar-refractivity contribution < 1.29 is 17.9 Å². The number of ether oxygens (including phenoxy) is 1. The Balaban J connectivity index is 1.83. The number of carbonyl (C=O) groups is 1. The quantitative estimate of drug-likeness (QED) is 0.467. The number of aryl methyl sites for hydroxylation is 2. The van der Waals surface area contributed by atoms with E-state index >= 15 is 0 Å². The van der Waals surface area contributed by atoms with Gasteiger partial charge in [0.05, 0.1) is 22.5 Å². The van der Waals surface area contributed by atoms with Gasteiger partial charge in [0, 0.05) is 52.7 Å². The predicted molar refractivity (Wildman–Crippen MR) is 130 cm³/mol. The topological polar surface area (TPSA) is 84.7 Å². The minimum atomic E-state index is -3.49. The van der Waals surface area contributed by atoms with Gasteiger partial charge < -0.3 is 14.2 Å². The number of sulfonamides is 1. The van der Waals surface area contributed by atoms with E-state index < -0.39 is 10.0 Å². The Hall–Kier alpha value is -1.97. The molecule has 0 bridgehead atoms. The van der Waals surface area contributed by atoms with Gasteiger partial charge in [0.15, 0.2) is 0 Å². The molecule has 1 saturated heterocycles. The number of hydrogen-bond acceptors (Lipinski definition) is 5. The Morgan fingerprint density at radius 2 is 1.97 bits per heavy atom. The van der Waals surface area contributed by atoms with Crippen LogP contribution < -0.4 is 0 Å². The van der Waals surface area contributed by atoms with E-state index in [1.165, 1.54) is 0 Å². The van der Waals surface area contributed by atoms with Crippen LogP contribution in [0.15, 0.2) is 23.1 Å². The van der Waals surface area contributed by atoms with E-state index in [1.807, 2.05) is 11.0 Å². The van der Waals surface area contributed by atoms with Crippen molar-refractivity contribution in [2.24, 2.45) is 5.92 Å². The number of fused-ring (bicyclic) bond motifs is 1. The number of amides is 1. The van der Waals surface area contributed by atoms with Crippen LogP contribution in [-0.4, -0.2) is 73.0 Å². The molecule has 2 aromatic rings. The van der Waals surface area contributed by atoms with Crippen LogP contribution in [0.4, 0.5) is 0 Å². The van der Waals surface area contributed by atoms with Crippen molar-refractivity contribution in [3.63, 3.8) is 0 Å². The fourth-order valence-electron chi connectivity index (χ4n) is 4.40. The lowest BCUT2D eigenvalue weighted by molar-refractivity contribution is -0.132. The highest BCUT2D eigenvalue weighted by atomic mass is 32.2. The molecule has 2 heterocycles. The first-order valence-electron chi connectivity index (χ1n) is 12.0. The van der Waals surface area contributed by atoms with Crippen molar-refractivity contribution in [3.05, 3.63) is 24.0 Å². The van der Waals surface area contributed by atoms with Crippen LogP contribution in [0.2, 0.25) is 0 Å². The average molecular weight is 479 g/mol. The highest BCUT2D eigenvalue weighted by Crippen LogP contribution is 2.26. The molecule has 0 spiro atoms. The summed E-state index contributed by atoms with van der Waals surface area (Å²) in [6, 6.07) is 5.23. The summed E-state index contributed by atoms with van der Waals surface area (Å²) in [5.41, 5.74) is 1.59. The first kappa shape index (κ1) is 25.6. The van der Waals surface area contributed by atoms with E-state index in [1.54, 1.807) is 23.5 Å². The van der Waals surface area contributed by atoms with Gasteiger partial charge in [-0.05, 0) is 43.4 Å². The maximum atomic E-state index is 13.0. The van der Waals surface area contributed by atoms with E-state index in [-0.39, 0.29) is 5.91 Å². The summed E-state index contributed by atoms with van der Waals surface area (Å²) in [5.74, 6) is 1.30. The lowest BCUT2D eigenvalue weighted by Gasteiger charge is -2.24. The average Bonchev–Trinajstić information content (AvgIpc) is 3.44. The molecule has 1 aliphatic rings. The summed E-state index contributed by atoms with van der Waals surface area (Å²) in [6.07, 6.45) is 3.62. The Morgan fingerprint density at radius 3 is 2.61 bits per heavy atom. The highest BCUT2D eigenvalue weighted by molar-refractivity contribution is 7.89. The Morgan fingerprint density at radius 1 is 1.24 bits per heavy atom. The molecule has 0 aliphatic carbocycles. The number of rotatable bonds is 12. The molecule has 184 valence electrons. The normalized spacial score (nSPS) is 15.1. The molecular weight excluding hydrogens is 440 g/mol. The number of imidazole rings is 1. The smallest absolute Gasteiger partial charge is 0.243 e. The molecule has 0 saturated carbocycles. The Labute approximate surface area is 198 Å². The molecule has 1 amide bonds. The molecule has 0 atom stereocenters. The minimum Gasteiger partial charge on any atom is -0.383 e. The number of methoxy groups -OCH3 is 1. The summed E-state index contributed by atoms with van der Waals surface area (Å²) in [6.45, 7) is 10.0. The summed E-state index contributed by atoms with van der Waals surface area (Å²) in [4.78, 5) is 19.9. The van der Waals surface area contributed by atoms with E-state index in [0.717, 1.165) is 37.1 Å². The van der Waals surface area contributed by atoms with E-state index in [4.69, 9.17) is 9.72 Å². The third kappa shape index (κ3) is 6.13. The molecule has 3 rings (SSSR count). The summed E-state index contributed by atoms with van der Waals surface area (Å²) < 4.78 is 34.8. The second kappa shape index (κ2) is 11.4. The molecule has 8 nitrogen and oxygen atoms in total. The van der Waals surface area contributed by atoms with Gasteiger partial charge in [-0.2, -0.15) is 4.31 Å². The van der Waals surface area contributed by atoms with Crippen molar-refractivity contribution in [2.45, 2.75) is 64.3 Å². The van der Waals surface area contributed by atoms with Crippen LogP contribution in [0.25, 0.3) is 11.0 Å². The van der Waals surface area contributed by atoms with Crippen molar-refractivity contribution in [1.29, 1.82) is 0 Å². The van der Waals surface area contributed by atoms with Crippen LogP contribution in [0, 0.1) is 5.92 Å². The van der Waals surface area contributed by atoms with E-state index in [2.05, 4.69) is 25.3 Å². The van der Waals surface area contributed by atoms with E-state index in [0.29, 0.717) is 62.0 Å². The Kier molecular flexibility index (Phi) is 8.89. The number of hydrogen-bond donors (Lipinski definition) is 0. The maximum absolute atomic E-state index is 13.0. The molecule has 0 N–H and O–H groups in total. The maximum Gasteiger partial charge on any atom is 0.243 e. The molecular formula is C24H38N4O4S. The van der Waals surface area contributed by atoms with E-state index in [9.17, 15) is 13.2 Å². The third-order valence-corrected chi connectivity index (χ3v) is 7.91. The number of carbonyl (C=O) groups excluding carboxylic acids is 1. The summed E-state index contributed by atoms with van der Waals surface area (Å²) >= 11 is 0. The van der Waals surface area contributed by atoms with Gasteiger partial charge in [0.2, 0.25) is 15.9 Å². The zero-order chi connectivity index (χ0) is 24.0. The first-order chi connectivity index (χ1) is 15.8. The molecule has 0 radical (unpaired) electrons. The van der Waals surface area contributed by atoms with Gasteiger partial charge in [0.1, 0.15) is 5.82 Å². The molecule has 0 unspecified atom stereocenters.